The number of aryl methyl sites for hydroxylation is 1. The number of halogens is 1. The molecular weight excluding hydrogens is 264 g/mol. The summed E-state index contributed by atoms with van der Waals surface area (Å²) in [4.78, 5) is 18.7. The lowest BCUT2D eigenvalue weighted by molar-refractivity contribution is 0.440. The number of aromatic amines is 1. The third kappa shape index (κ3) is 2.63. The molecule has 5 heteroatoms. The van der Waals surface area contributed by atoms with Crippen LogP contribution >= 0.6 is 11.6 Å². The highest BCUT2D eigenvalue weighted by Gasteiger charge is 2.15. The zero-order valence-corrected chi connectivity index (χ0v) is 11.7. The lowest BCUT2D eigenvalue weighted by atomic mass is 10.1. The van der Waals surface area contributed by atoms with Crippen LogP contribution in [0.5, 0.6) is 5.88 Å². The van der Waals surface area contributed by atoms with Crippen LogP contribution in [-0.2, 0) is 0 Å². The molecule has 2 aromatic rings. The molecule has 0 bridgehead atoms. The summed E-state index contributed by atoms with van der Waals surface area (Å²) in [6.45, 7) is 5.55. The Kier molecular flexibility index (Phi) is 3.62. The Hall–Kier alpha value is -1.81. The lowest BCUT2D eigenvalue weighted by Crippen LogP contribution is -2.16. The van der Waals surface area contributed by atoms with Crippen molar-refractivity contribution in [3.8, 4) is 17.3 Å². The molecule has 19 heavy (non-hydrogen) atoms. The van der Waals surface area contributed by atoms with Gasteiger partial charge in [-0.3, -0.25) is 4.79 Å². The van der Waals surface area contributed by atoms with Crippen LogP contribution in [0.2, 0.25) is 5.02 Å². The third-order valence-corrected chi connectivity index (χ3v) is 3.36. The number of aromatic nitrogens is 2. The number of nitrogens with zero attached hydrogens (tertiary/aromatic N) is 1. The van der Waals surface area contributed by atoms with Gasteiger partial charge in [0.15, 0.2) is 0 Å². The van der Waals surface area contributed by atoms with Crippen molar-refractivity contribution < 1.29 is 5.11 Å². The van der Waals surface area contributed by atoms with E-state index in [9.17, 15) is 9.90 Å². The first-order valence-corrected chi connectivity index (χ1v) is 6.37. The molecule has 2 rings (SSSR count). The molecule has 0 spiro atoms. The molecule has 0 unspecified atom stereocenters. The highest BCUT2D eigenvalue weighted by atomic mass is 35.5. The van der Waals surface area contributed by atoms with Crippen LogP contribution in [0.3, 0.4) is 0 Å². The first-order chi connectivity index (χ1) is 8.90. The second kappa shape index (κ2) is 5.05. The van der Waals surface area contributed by atoms with E-state index in [1.165, 1.54) is 0 Å². The van der Waals surface area contributed by atoms with Gasteiger partial charge in [-0.1, -0.05) is 37.6 Å². The van der Waals surface area contributed by atoms with Crippen molar-refractivity contribution in [1.29, 1.82) is 0 Å². The summed E-state index contributed by atoms with van der Waals surface area (Å²) in [5, 5.41) is 10.5. The standard InChI is InChI=1S/C14H15ClN2O2/c1-7(2)11-13(18)16-12(17-14(11)19)9-5-4-8(3)10(15)6-9/h4-7H,1-3H3,(H2,16,17,18,19). The SMILES string of the molecule is Cc1ccc(-c2nc(O)c(C(C)C)c(=O)[nH]2)cc1Cl. The molecule has 0 fully saturated rings. The topological polar surface area (TPSA) is 66.0 Å². The number of aromatic hydroxyl groups is 1. The third-order valence-electron chi connectivity index (χ3n) is 2.96. The number of hydrogen-bond acceptors (Lipinski definition) is 3. The van der Waals surface area contributed by atoms with Crippen molar-refractivity contribution in [3.05, 3.63) is 44.7 Å². The van der Waals surface area contributed by atoms with Gasteiger partial charge in [-0.25, -0.2) is 0 Å². The molecule has 0 atom stereocenters. The molecule has 0 saturated heterocycles. The summed E-state index contributed by atoms with van der Waals surface area (Å²) in [6, 6.07) is 5.35. The fourth-order valence-corrected chi connectivity index (χ4v) is 2.05. The first-order valence-electron chi connectivity index (χ1n) is 6.00. The Morgan fingerprint density at radius 3 is 2.58 bits per heavy atom. The maximum absolute atomic E-state index is 11.9. The molecule has 0 aliphatic rings. The molecule has 4 nitrogen and oxygen atoms in total. The zero-order chi connectivity index (χ0) is 14.2. The van der Waals surface area contributed by atoms with E-state index in [1.54, 1.807) is 12.1 Å². The van der Waals surface area contributed by atoms with Gasteiger partial charge < -0.3 is 10.1 Å². The molecule has 1 heterocycles. The summed E-state index contributed by atoms with van der Waals surface area (Å²) in [6.07, 6.45) is 0. The minimum Gasteiger partial charge on any atom is -0.493 e. The molecule has 1 aromatic heterocycles. The number of hydrogen-bond donors (Lipinski definition) is 2. The summed E-state index contributed by atoms with van der Waals surface area (Å²) >= 11 is 6.04. The summed E-state index contributed by atoms with van der Waals surface area (Å²) in [5.41, 5.74) is 1.57. The highest BCUT2D eigenvalue weighted by Crippen LogP contribution is 2.25. The van der Waals surface area contributed by atoms with Gasteiger partial charge in [0.2, 0.25) is 5.88 Å². The van der Waals surface area contributed by atoms with E-state index in [0.717, 1.165) is 5.56 Å². The van der Waals surface area contributed by atoms with Crippen molar-refractivity contribution in [3.63, 3.8) is 0 Å². The summed E-state index contributed by atoms with van der Waals surface area (Å²) in [5.74, 6) is -0.00819. The van der Waals surface area contributed by atoms with Gasteiger partial charge in [-0.2, -0.15) is 4.98 Å². The van der Waals surface area contributed by atoms with Gasteiger partial charge in [-0.15, -0.1) is 0 Å². The minimum atomic E-state index is -0.325. The molecule has 0 radical (unpaired) electrons. The summed E-state index contributed by atoms with van der Waals surface area (Å²) in [7, 11) is 0. The van der Waals surface area contributed by atoms with Gasteiger partial charge in [0.25, 0.3) is 5.56 Å². The molecule has 0 amide bonds. The maximum atomic E-state index is 11.9. The summed E-state index contributed by atoms with van der Waals surface area (Å²) < 4.78 is 0. The molecular formula is C14H15ClN2O2. The average molecular weight is 279 g/mol. The predicted molar refractivity (Wildman–Crippen MR) is 75.8 cm³/mol. The van der Waals surface area contributed by atoms with Gasteiger partial charge in [0, 0.05) is 10.6 Å². The normalized spacial score (nSPS) is 11.0. The number of nitrogens with one attached hydrogen (secondary N) is 1. The highest BCUT2D eigenvalue weighted by molar-refractivity contribution is 6.31. The number of rotatable bonds is 2. The maximum Gasteiger partial charge on any atom is 0.258 e. The van der Waals surface area contributed by atoms with E-state index in [0.29, 0.717) is 22.0 Å². The van der Waals surface area contributed by atoms with Crippen LogP contribution in [0.15, 0.2) is 23.0 Å². The Labute approximate surface area is 116 Å². The fourth-order valence-electron chi connectivity index (χ4n) is 1.87. The van der Waals surface area contributed by atoms with Crippen molar-refractivity contribution >= 4 is 11.6 Å². The second-order valence-corrected chi connectivity index (χ2v) is 5.18. The van der Waals surface area contributed by atoms with E-state index in [-0.39, 0.29) is 17.4 Å². The molecule has 0 aliphatic heterocycles. The Balaban J connectivity index is 2.58. The lowest BCUT2D eigenvalue weighted by Gasteiger charge is -2.09. The van der Waals surface area contributed by atoms with Crippen LogP contribution in [0.1, 0.15) is 30.9 Å². The average Bonchev–Trinajstić information content (AvgIpc) is 2.31. The van der Waals surface area contributed by atoms with Crippen LogP contribution in [0, 0.1) is 6.92 Å². The largest absolute Gasteiger partial charge is 0.493 e. The van der Waals surface area contributed by atoms with E-state index in [1.807, 2.05) is 26.8 Å². The van der Waals surface area contributed by atoms with E-state index < -0.39 is 0 Å². The Morgan fingerprint density at radius 2 is 2.05 bits per heavy atom. The van der Waals surface area contributed by atoms with Crippen LogP contribution < -0.4 is 5.56 Å². The molecule has 2 N–H and O–H groups in total. The van der Waals surface area contributed by atoms with E-state index >= 15 is 0 Å². The molecule has 1 aromatic carbocycles. The van der Waals surface area contributed by atoms with Gasteiger partial charge in [0.1, 0.15) is 5.82 Å². The van der Waals surface area contributed by atoms with Crippen LogP contribution in [0.4, 0.5) is 0 Å². The van der Waals surface area contributed by atoms with Crippen LogP contribution in [0.25, 0.3) is 11.4 Å². The second-order valence-electron chi connectivity index (χ2n) is 4.77. The van der Waals surface area contributed by atoms with Crippen molar-refractivity contribution in [2.75, 3.05) is 0 Å². The van der Waals surface area contributed by atoms with E-state index in [2.05, 4.69) is 9.97 Å². The molecule has 0 aliphatic carbocycles. The van der Waals surface area contributed by atoms with Crippen molar-refractivity contribution in [2.45, 2.75) is 26.7 Å². The smallest absolute Gasteiger partial charge is 0.258 e. The molecule has 100 valence electrons. The zero-order valence-electron chi connectivity index (χ0n) is 11.0. The van der Waals surface area contributed by atoms with Gasteiger partial charge >= 0.3 is 0 Å². The van der Waals surface area contributed by atoms with Gasteiger partial charge in [0.05, 0.1) is 5.56 Å². The Bertz CT molecular complexity index is 678. The van der Waals surface area contributed by atoms with E-state index in [4.69, 9.17) is 11.6 Å². The quantitative estimate of drug-likeness (QED) is 0.886. The van der Waals surface area contributed by atoms with Crippen LogP contribution in [-0.4, -0.2) is 15.1 Å². The van der Waals surface area contributed by atoms with Gasteiger partial charge in [-0.05, 0) is 24.5 Å². The van der Waals surface area contributed by atoms with Crippen molar-refractivity contribution in [1.82, 2.24) is 9.97 Å². The number of H-pyrrole nitrogens is 1. The van der Waals surface area contributed by atoms with Crippen molar-refractivity contribution in [2.24, 2.45) is 0 Å². The fraction of sp³-hybridized carbons (Fsp3) is 0.286. The number of benzene rings is 1. The predicted octanol–water partition coefficient (Wildman–Crippen LogP) is 3.23. The minimum absolute atomic E-state index is 0.0908. The Morgan fingerprint density at radius 1 is 1.37 bits per heavy atom. The molecule has 0 saturated carbocycles. The first kappa shape index (κ1) is 13.6. The monoisotopic (exact) mass is 278 g/mol.